The van der Waals surface area contributed by atoms with Crippen LogP contribution in [0, 0.1) is 16.7 Å². The molecule has 4 aliphatic carbocycles. The van der Waals surface area contributed by atoms with E-state index < -0.39 is 168 Å². The number of hydrogen-bond acceptors (Lipinski definition) is 22. The standard InChI is InChI=1S/C57H92O22/c1-27-48(61)37(65-10)22-44(69-27)77-50-30(4)72-46(24-39(50)67-12)79-52-31(5)73-47(25-40(52)68-13)78-51-29(3)71-45(23-38(51)66-11)76-49-28(2)70-43(21-36(49)60)75-35-15-16-53(8)34(20-35)14-17-56(63)41(53)26-42(74-33(7)59)54(9)55(62,32(6)58)18-19-57(54,56)64/h14,27-31,35-52,60-64H,15-26H2,1-13H3. The smallest absolute Gasteiger partial charge is 0.302 e. The zero-order valence-corrected chi connectivity index (χ0v) is 48.5. The third-order valence-electron chi connectivity index (χ3n) is 20.4. The normalized spacial score (nSPS) is 52.1. The van der Waals surface area contributed by atoms with Crippen molar-refractivity contribution in [2.75, 3.05) is 28.4 Å². The van der Waals surface area contributed by atoms with Crippen LogP contribution in [0.4, 0.5) is 0 Å². The van der Waals surface area contributed by atoms with E-state index in [1.165, 1.54) is 13.8 Å². The van der Waals surface area contributed by atoms with Gasteiger partial charge in [0, 0.05) is 73.4 Å². The molecule has 452 valence electrons. The summed E-state index contributed by atoms with van der Waals surface area (Å²) < 4.78 is 93.6. The lowest BCUT2D eigenvalue weighted by Crippen LogP contribution is -2.78. The summed E-state index contributed by atoms with van der Waals surface area (Å²) in [7, 11) is 6.42. The maximum Gasteiger partial charge on any atom is 0.302 e. The molecule has 9 aliphatic rings. The summed E-state index contributed by atoms with van der Waals surface area (Å²) in [4.78, 5) is 25.6. The molecule has 0 aromatic heterocycles. The van der Waals surface area contributed by atoms with Gasteiger partial charge in [-0.05, 0) is 98.8 Å². The molecule has 5 saturated heterocycles. The van der Waals surface area contributed by atoms with E-state index in [-0.39, 0.29) is 44.3 Å². The van der Waals surface area contributed by atoms with Gasteiger partial charge in [-0.3, -0.25) is 9.59 Å². The Kier molecular flexibility index (Phi) is 18.6. The van der Waals surface area contributed by atoms with Gasteiger partial charge < -0.3 is 96.6 Å². The van der Waals surface area contributed by atoms with Gasteiger partial charge in [0.25, 0.3) is 0 Å². The molecule has 0 aromatic rings. The number of carbonyl (C=O) groups excluding carboxylic acids is 2. The van der Waals surface area contributed by atoms with Crippen LogP contribution < -0.4 is 0 Å². The first-order valence-electron chi connectivity index (χ1n) is 28.8. The summed E-state index contributed by atoms with van der Waals surface area (Å²) in [5, 5.41) is 59.4. The van der Waals surface area contributed by atoms with Crippen molar-refractivity contribution in [3.05, 3.63) is 11.6 Å². The number of aliphatic hydroxyl groups is 5. The highest BCUT2D eigenvalue weighted by Crippen LogP contribution is 2.71. The molecule has 5 heterocycles. The number of rotatable bonds is 16. The number of hydrogen-bond donors (Lipinski definition) is 5. The lowest BCUT2D eigenvalue weighted by molar-refractivity contribution is -0.351. The fourth-order valence-corrected chi connectivity index (χ4v) is 15.8. The molecule has 28 unspecified atom stereocenters. The van der Waals surface area contributed by atoms with Crippen molar-refractivity contribution in [3.63, 3.8) is 0 Å². The van der Waals surface area contributed by atoms with E-state index in [9.17, 15) is 35.1 Å². The Morgan fingerprint density at radius 1 is 0.570 bits per heavy atom. The minimum Gasteiger partial charge on any atom is -0.462 e. The van der Waals surface area contributed by atoms with Crippen LogP contribution in [-0.4, -0.2) is 218 Å². The zero-order chi connectivity index (χ0) is 57.3. The second kappa shape index (κ2) is 23.9. The Morgan fingerprint density at radius 3 is 1.47 bits per heavy atom. The fourth-order valence-electron chi connectivity index (χ4n) is 15.8. The first-order valence-corrected chi connectivity index (χ1v) is 28.8. The molecule has 0 amide bonds. The molecule has 9 rings (SSSR count). The maximum atomic E-state index is 13.1. The number of fused-ring (bicyclic) bond motifs is 5. The molecule has 22 heteroatoms. The highest BCUT2D eigenvalue weighted by atomic mass is 16.8. The Bertz CT molecular complexity index is 2140. The molecule has 28 atom stereocenters. The van der Waals surface area contributed by atoms with Gasteiger partial charge in [0.2, 0.25) is 0 Å². The molecule has 0 radical (unpaired) electrons. The summed E-state index contributed by atoms with van der Waals surface area (Å²) in [6, 6.07) is 0. The first kappa shape index (κ1) is 61.7. The first-order chi connectivity index (χ1) is 37.3. The van der Waals surface area contributed by atoms with Crippen molar-refractivity contribution in [1.82, 2.24) is 0 Å². The molecule has 22 nitrogen and oxygen atoms in total. The average Bonchev–Trinajstić information content (AvgIpc) is 3.27. The van der Waals surface area contributed by atoms with E-state index in [1.54, 1.807) is 42.3 Å². The highest BCUT2D eigenvalue weighted by Gasteiger charge is 2.81. The zero-order valence-electron chi connectivity index (χ0n) is 48.5. The number of methoxy groups -OCH3 is 4. The van der Waals surface area contributed by atoms with Crippen molar-refractivity contribution in [2.24, 2.45) is 16.7 Å². The third kappa shape index (κ3) is 11.1. The van der Waals surface area contributed by atoms with Crippen LogP contribution in [0.2, 0.25) is 0 Å². The Hall–Kier alpha value is -1.88. The van der Waals surface area contributed by atoms with Gasteiger partial charge in [0.1, 0.15) is 53.4 Å². The number of ether oxygens (including phenoxy) is 15. The van der Waals surface area contributed by atoms with Gasteiger partial charge in [-0.2, -0.15) is 0 Å². The maximum absolute atomic E-state index is 13.1. The van der Waals surface area contributed by atoms with Crippen LogP contribution in [-0.2, 0) is 80.6 Å². The van der Waals surface area contributed by atoms with Gasteiger partial charge in [-0.25, -0.2) is 0 Å². The van der Waals surface area contributed by atoms with E-state index in [2.05, 4.69) is 6.92 Å². The monoisotopic (exact) mass is 1130 g/mol. The van der Waals surface area contributed by atoms with E-state index in [1.807, 2.05) is 33.8 Å². The molecule has 5 N–H and O–H groups in total. The predicted octanol–water partition coefficient (Wildman–Crippen LogP) is 3.42. The van der Waals surface area contributed by atoms with Crippen molar-refractivity contribution < 1.29 is 106 Å². The summed E-state index contributed by atoms with van der Waals surface area (Å²) in [5.41, 5.74) is -6.87. The van der Waals surface area contributed by atoms with Crippen LogP contribution in [0.1, 0.15) is 139 Å². The lowest BCUT2D eigenvalue weighted by atomic mass is 9.42. The second-order valence-corrected chi connectivity index (χ2v) is 24.7. The van der Waals surface area contributed by atoms with E-state index >= 15 is 0 Å². The topological polar surface area (TPSA) is 274 Å². The molecule has 5 aliphatic heterocycles. The largest absolute Gasteiger partial charge is 0.462 e. The summed E-state index contributed by atoms with van der Waals surface area (Å²) in [6.45, 7) is 15.5. The van der Waals surface area contributed by atoms with Crippen LogP contribution >= 0.6 is 0 Å². The Morgan fingerprint density at radius 2 is 1.01 bits per heavy atom. The summed E-state index contributed by atoms with van der Waals surface area (Å²) in [6.07, 6.45) is -7.53. The molecular formula is C57H92O22. The van der Waals surface area contributed by atoms with Gasteiger partial charge >= 0.3 is 5.97 Å². The van der Waals surface area contributed by atoms with E-state index in [4.69, 9.17) is 71.1 Å². The summed E-state index contributed by atoms with van der Waals surface area (Å²) >= 11 is 0. The van der Waals surface area contributed by atoms with Crippen LogP contribution in [0.5, 0.6) is 0 Å². The van der Waals surface area contributed by atoms with Crippen LogP contribution in [0.25, 0.3) is 0 Å². The Labute approximate surface area is 464 Å². The highest BCUT2D eigenvalue weighted by molar-refractivity contribution is 5.87. The molecule has 8 fully saturated rings. The second-order valence-electron chi connectivity index (χ2n) is 24.7. The van der Waals surface area contributed by atoms with E-state index in [0.29, 0.717) is 44.9 Å². The molecule has 3 saturated carbocycles. The van der Waals surface area contributed by atoms with E-state index in [0.717, 1.165) is 5.57 Å². The number of carbonyl (C=O) groups is 2. The van der Waals surface area contributed by atoms with Crippen molar-refractivity contribution in [3.8, 4) is 0 Å². The minimum atomic E-state index is -2.00. The average molecular weight is 1130 g/mol. The summed E-state index contributed by atoms with van der Waals surface area (Å²) in [5.74, 6) is -1.69. The van der Waals surface area contributed by atoms with Gasteiger partial charge in [0.05, 0.1) is 72.6 Å². The van der Waals surface area contributed by atoms with Crippen molar-refractivity contribution >= 4 is 11.8 Å². The third-order valence-corrected chi connectivity index (χ3v) is 20.4. The lowest BCUT2D eigenvalue weighted by Gasteiger charge is -2.67. The predicted molar refractivity (Wildman–Crippen MR) is 276 cm³/mol. The number of ketones is 1. The molecule has 0 spiro atoms. The molecule has 79 heavy (non-hydrogen) atoms. The molecule has 0 aromatic carbocycles. The quantitative estimate of drug-likeness (QED) is 0.109. The number of esters is 1. The van der Waals surface area contributed by atoms with Gasteiger partial charge in [-0.1, -0.05) is 18.6 Å². The van der Waals surface area contributed by atoms with Gasteiger partial charge in [0.15, 0.2) is 37.2 Å². The minimum absolute atomic E-state index is 0.0350. The SMILES string of the molecule is COC1CC(OC2C(C)OC(OC3C(C)OC(OC4C(C)OC(OC5C(O)CC(OC6CCC7(C)C(=CCC8(O)C7CC(OC(C)=O)C7(C)C(O)(C(C)=O)CCC87O)C6)OC5C)CC4OC)CC3OC)CC2OC)OC(C)C1O. The fraction of sp³-hybridized carbons (Fsp3) is 0.930. The van der Waals surface area contributed by atoms with Crippen molar-refractivity contribution in [2.45, 2.75) is 291 Å². The van der Waals surface area contributed by atoms with Crippen LogP contribution in [0.15, 0.2) is 11.6 Å². The van der Waals surface area contributed by atoms with Gasteiger partial charge in [-0.15, -0.1) is 0 Å². The van der Waals surface area contributed by atoms with Crippen molar-refractivity contribution in [1.29, 1.82) is 0 Å². The van der Waals surface area contributed by atoms with Crippen LogP contribution in [0.3, 0.4) is 0 Å². The molecule has 0 bridgehead atoms. The Balaban J connectivity index is 0.757. The number of Topliss-reactive ketones (excluding diaryl/α,β-unsaturated/α-hetero) is 1. The molecular weight excluding hydrogens is 1040 g/mol. The number of aliphatic hydroxyl groups excluding tert-OH is 2.